The Morgan fingerprint density at radius 2 is 2.11 bits per heavy atom. The molecule has 0 heterocycles. The zero-order valence-electron chi connectivity index (χ0n) is 9.97. The summed E-state index contributed by atoms with van der Waals surface area (Å²) < 4.78 is 40.5. The van der Waals surface area contributed by atoms with E-state index in [-0.39, 0.29) is 6.54 Å². The molecule has 8 heteroatoms. The minimum atomic E-state index is -4.42. The quantitative estimate of drug-likeness (QED) is 0.877. The Labute approximate surface area is 112 Å². The molecule has 0 saturated heterocycles. The number of alkyl halides is 3. The Morgan fingerprint density at radius 3 is 2.63 bits per heavy atom. The number of rotatable bonds is 5. The van der Waals surface area contributed by atoms with Gasteiger partial charge in [-0.3, -0.25) is 4.79 Å². The second-order valence-corrected chi connectivity index (χ2v) is 4.00. The van der Waals surface area contributed by atoms with E-state index in [2.05, 4.69) is 5.32 Å². The van der Waals surface area contributed by atoms with E-state index >= 15 is 0 Å². The molecule has 2 N–H and O–H groups in total. The van der Waals surface area contributed by atoms with Crippen LogP contribution in [-0.4, -0.2) is 32.3 Å². The number of carbonyl (C=O) groups is 1. The highest BCUT2D eigenvalue weighted by Gasteiger charge is 2.27. The van der Waals surface area contributed by atoms with Crippen molar-refractivity contribution >= 4 is 23.2 Å². The van der Waals surface area contributed by atoms with Crippen LogP contribution in [0.1, 0.15) is 0 Å². The van der Waals surface area contributed by atoms with Gasteiger partial charge in [0.1, 0.15) is 12.3 Å². The summed E-state index contributed by atoms with van der Waals surface area (Å²) in [5, 5.41) is 4.74. The molecule has 0 spiro atoms. The lowest BCUT2D eigenvalue weighted by Gasteiger charge is -2.10. The van der Waals surface area contributed by atoms with E-state index in [4.69, 9.17) is 16.3 Å². The molecule has 0 atom stereocenters. The van der Waals surface area contributed by atoms with E-state index in [0.717, 1.165) is 0 Å². The number of amides is 1. The van der Waals surface area contributed by atoms with Crippen molar-refractivity contribution in [1.29, 1.82) is 0 Å². The molecule has 0 saturated carbocycles. The molecule has 4 nitrogen and oxygen atoms in total. The van der Waals surface area contributed by atoms with Gasteiger partial charge in [0.05, 0.1) is 18.7 Å². The van der Waals surface area contributed by atoms with Crippen LogP contribution in [0.2, 0.25) is 5.02 Å². The molecule has 0 aromatic heterocycles. The number of anilines is 1. The van der Waals surface area contributed by atoms with Gasteiger partial charge in [0.2, 0.25) is 5.91 Å². The number of methoxy groups -OCH3 is 1. The van der Waals surface area contributed by atoms with Gasteiger partial charge in [-0.1, -0.05) is 11.6 Å². The average Bonchev–Trinajstić information content (AvgIpc) is 2.33. The third kappa shape index (κ3) is 5.69. The standard InChI is InChI=1S/C11H12ClF3N2O2/c1-19-9-3-2-7(4-8(9)12)16-5-10(18)17-6-11(13,14)15/h2-4,16H,5-6H2,1H3,(H,17,18). The van der Waals surface area contributed by atoms with Crippen LogP contribution >= 0.6 is 11.6 Å². The first-order valence-corrected chi connectivity index (χ1v) is 5.60. The van der Waals surface area contributed by atoms with E-state index in [1.807, 2.05) is 0 Å². The summed E-state index contributed by atoms with van der Waals surface area (Å²) in [5.41, 5.74) is 0.507. The van der Waals surface area contributed by atoms with Crippen molar-refractivity contribution in [2.45, 2.75) is 6.18 Å². The van der Waals surface area contributed by atoms with Gasteiger partial charge in [0.15, 0.2) is 0 Å². The van der Waals surface area contributed by atoms with Gasteiger partial charge in [0.25, 0.3) is 0 Å². The summed E-state index contributed by atoms with van der Waals surface area (Å²) >= 11 is 5.85. The minimum absolute atomic E-state index is 0.279. The fourth-order valence-electron chi connectivity index (χ4n) is 1.22. The Bertz CT molecular complexity index is 452. The monoisotopic (exact) mass is 296 g/mol. The van der Waals surface area contributed by atoms with E-state index in [1.165, 1.54) is 13.2 Å². The highest BCUT2D eigenvalue weighted by molar-refractivity contribution is 6.32. The molecule has 0 bridgehead atoms. The molecule has 1 amide bonds. The maximum Gasteiger partial charge on any atom is 0.405 e. The third-order valence-corrected chi connectivity index (χ3v) is 2.39. The van der Waals surface area contributed by atoms with Crippen LogP contribution in [0.25, 0.3) is 0 Å². The summed E-state index contributed by atoms with van der Waals surface area (Å²) in [6.45, 7) is -1.63. The zero-order valence-corrected chi connectivity index (χ0v) is 10.7. The van der Waals surface area contributed by atoms with Gasteiger partial charge >= 0.3 is 6.18 Å². The van der Waals surface area contributed by atoms with Crippen LogP contribution in [0.4, 0.5) is 18.9 Å². The summed E-state index contributed by atoms with van der Waals surface area (Å²) in [4.78, 5) is 11.1. The fraction of sp³-hybridized carbons (Fsp3) is 0.364. The van der Waals surface area contributed by atoms with E-state index in [0.29, 0.717) is 16.5 Å². The molecule has 0 fully saturated rings. The highest BCUT2D eigenvalue weighted by Crippen LogP contribution is 2.26. The number of nitrogens with one attached hydrogen (secondary N) is 2. The first-order chi connectivity index (χ1) is 8.81. The molecule has 0 unspecified atom stereocenters. The molecule has 19 heavy (non-hydrogen) atoms. The van der Waals surface area contributed by atoms with Gasteiger partial charge < -0.3 is 15.4 Å². The van der Waals surface area contributed by atoms with E-state index < -0.39 is 18.6 Å². The van der Waals surface area contributed by atoms with Crippen LogP contribution in [0, 0.1) is 0 Å². The normalized spacial score (nSPS) is 11.0. The summed E-state index contributed by atoms with van der Waals surface area (Å²) in [5.74, 6) is -0.294. The number of hydrogen-bond acceptors (Lipinski definition) is 3. The molecule has 0 radical (unpaired) electrons. The Balaban J connectivity index is 2.44. The second kappa shape index (κ2) is 6.51. The first kappa shape index (κ1) is 15.4. The van der Waals surface area contributed by atoms with Crippen molar-refractivity contribution in [3.63, 3.8) is 0 Å². The van der Waals surface area contributed by atoms with E-state index in [1.54, 1.807) is 17.4 Å². The molecule has 0 aliphatic rings. The summed E-state index contributed by atoms with van der Waals surface area (Å²) in [6.07, 6.45) is -4.42. The topological polar surface area (TPSA) is 50.4 Å². The van der Waals surface area contributed by atoms with Gasteiger partial charge in [-0.25, -0.2) is 0 Å². The molecule has 1 rings (SSSR count). The summed E-state index contributed by atoms with van der Waals surface area (Å²) in [6, 6.07) is 4.69. The van der Waals surface area contributed by atoms with Crippen molar-refractivity contribution in [1.82, 2.24) is 5.32 Å². The maximum absolute atomic E-state index is 11.8. The SMILES string of the molecule is COc1ccc(NCC(=O)NCC(F)(F)F)cc1Cl. The number of ether oxygens (including phenoxy) is 1. The number of benzene rings is 1. The van der Waals surface area contributed by atoms with Crippen molar-refractivity contribution < 1.29 is 22.7 Å². The smallest absolute Gasteiger partial charge is 0.405 e. The second-order valence-electron chi connectivity index (χ2n) is 3.59. The largest absolute Gasteiger partial charge is 0.495 e. The maximum atomic E-state index is 11.8. The lowest BCUT2D eigenvalue weighted by molar-refractivity contribution is -0.137. The predicted molar refractivity (Wildman–Crippen MR) is 65.6 cm³/mol. The van der Waals surface area contributed by atoms with Crippen LogP contribution in [-0.2, 0) is 4.79 Å². The van der Waals surface area contributed by atoms with Gasteiger partial charge in [-0.05, 0) is 18.2 Å². The van der Waals surface area contributed by atoms with Crippen LogP contribution < -0.4 is 15.4 Å². The molecule has 0 aliphatic heterocycles. The Morgan fingerprint density at radius 1 is 1.42 bits per heavy atom. The first-order valence-electron chi connectivity index (χ1n) is 5.22. The van der Waals surface area contributed by atoms with Crippen molar-refractivity contribution in [2.75, 3.05) is 25.5 Å². The Hall–Kier alpha value is -1.63. The molecule has 106 valence electrons. The number of halogens is 4. The van der Waals surface area contributed by atoms with Crippen molar-refractivity contribution in [3.8, 4) is 5.75 Å². The molecule has 1 aromatic carbocycles. The highest BCUT2D eigenvalue weighted by atomic mass is 35.5. The van der Waals surface area contributed by atoms with Crippen LogP contribution in [0.5, 0.6) is 5.75 Å². The van der Waals surface area contributed by atoms with Gasteiger partial charge in [-0.2, -0.15) is 13.2 Å². The summed E-state index contributed by atoms with van der Waals surface area (Å²) in [7, 11) is 1.46. The average molecular weight is 297 g/mol. The minimum Gasteiger partial charge on any atom is -0.495 e. The third-order valence-electron chi connectivity index (χ3n) is 2.09. The molecular formula is C11H12ClF3N2O2. The molecule has 1 aromatic rings. The Kier molecular flexibility index (Phi) is 5.29. The van der Waals surface area contributed by atoms with Crippen LogP contribution in [0.15, 0.2) is 18.2 Å². The zero-order chi connectivity index (χ0) is 14.5. The van der Waals surface area contributed by atoms with Gasteiger partial charge in [0, 0.05) is 5.69 Å². The van der Waals surface area contributed by atoms with E-state index in [9.17, 15) is 18.0 Å². The molecule has 0 aliphatic carbocycles. The number of carbonyl (C=O) groups excluding carboxylic acids is 1. The lowest BCUT2D eigenvalue weighted by atomic mass is 10.3. The fourth-order valence-corrected chi connectivity index (χ4v) is 1.48. The van der Waals surface area contributed by atoms with Crippen LogP contribution in [0.3, 0.4) is 0 Å². The predicted octanol–water partition coefficient (Wildman–Crippen LogP) is 2.44. The van der Waals surface area contributed by atoms with Gasteiger partial charge in [-0.15, -0.1) is 0 Å². The molecular weight excluding hydrogens is 285 g/mol. The lowest BCUT2D eigenvalue weighted by Crippen LogP contribution is -2.37. The van der Waals surface area contributed by atoms with Crippen molar-refractivity contribution in [3.05, 3.63) is 23.2 Å². The van der Waals surface area contributed by atoms with Crippen molar-refractivity contribution in [2.24, 2.45) is 0 Å². The number of hydrogen-bond donors (Lipinski definition) is 2.